The molecule has 0 saturated heterocycles. The predicted octanol–water partition coefficient (Wildman–Crippen LogP) is 4.44. The van der Waals surface area contributed by atoms with Gasteiger partial charge in [-0.05, 0) is 47.3 Å². The zero-order chi connectivity index (χ0) is 23.1. The van der Waals surface area contributed by atoms with Gasteiger partial charge in [0.25, 0.3) is 10.9 Å². The fourth-order valence-electron chi connectivity index (χ4n) is 4.01. The van der Waals surface area contributed by atoms with Crippen LogP contribution < -0.4 is 14.7 Å². The van der Waals surface area contributed by atoms with E-state index in [9.17, 15) is 9.90 Å². The van der Waals surface area contributed by atoms with Crippen LogP contribution in [0.5, 0.6) is 5.88 Å². The fraction of sp³-hybridized carbons (Fsp3) is 0.167. The summed E-state index contributed by atoms with van der Waals surface area (Å²) in [5, 5.41) is 18.6. The van der Waals surface area contributed by atoms with Crippen LogP contribution in [0.1, 0.15) is 25.3 Å². The Kier molecular flexibility index (Phi) is 5.55. The average molecular weight is 479 g/mol. The molecule has 1 aliphatic heterocycles. The van der Waals surface area contributed by atoms with E-state index in [1.54, 1.807) is 47.0 Å². The van der Waals surface area contributed by atoms with Crippen molar-refractivity contribution >= 4 is 35.0 Å². The standard InChI is InChI=1S/C24H19ClN4O3S/c1-3-20(30)28-17-10-5-4-9-16(17)21-22(31)26-24(33-2)27-29(21)23(28)19-12-11-18(32-19)14-7-6-8-15(25)13-14/h4-13,23H,3H2,1-2H3. The topological polar surface area (TPSA) is 86.2 Å². The summed E-state index contributed by atoms with van der Waals surface area (Å²) in [6.45, 7) is 1.80. The van der Waals surface area contributed by atoms with E-state index >= 15 is 0 Å². The first-order valence-corrected chi connectivity index (χ1v) is 11.9. The maximum Gasteiger partial charge on any atom is 0.325 e. The van der Waals surface area contributed by atoms with Crippen molar-refractivity contribution in [3.63, 3.8) is 0 Å². The van der Waals surface area contributed by atoms with Gasteiger partial charge in [0.1, 0.15) is 5.76 Å². The quantitative estimate of drug-likeness (QED) is 0.318. The lowest BCUT2D eigenvalue weighted by Crippen LogP contribution is -2.59. The van der Waals surface area contributed by atoms with E-state index in [-0.39, 0.29) is 12.3 Å². The molecular weight excluding hydrogens is 460 g/mol. The van der Waals surface area contributed by atoms with Crippen molar-refractivity contribution in [1.29, 1.82) is 0 Å². The number of nitrogens with zero attached hydrogens (tertiary/aromatic N) is 4. The van der Waals surface area contributed by atoms with Gasteiger partial charge in [0.05, 0.1) is 17.1 Å². The van der Waals surface area contributed by atoms with Crippen LogP contribution in [0.4, 0.5) is 5.69 Å². The predicted molar refractivity (Wildman–Crippen MR) is 124 cm³/mol. The molecule has 0 saturated carbocycles. The van der Waals surface area contributed by atoms with Crippen LogP contribution in [0.3, 0.4) is 0 Å². The summed E-state index contributed by atoms with van der Waals surface area (Å²) >= 11 is 7.42. The van der Waals surface area contributed by atoms with Crippen LogP contribution in [-0.4, -0.2) is 22.2 Å². The molecule has 9 heteroatoms. The minimum atomic E-state index is -0.781. The van der Waals surface area contributed by atoms with Crippen LogP contribution in [0.2, 0.25) is 5.02 Å². The molecule has 2 aromatic heterocycles. The fourth-order valence-corrected chi connectivity index (χ4v) is 4.54. The van der Waals surface area contributed by atoms with Crippen molar-refractivity contribution < 1.29 is 19.0 Å². The Morgan fingerprint density at radius 3 is 2.79 bits per heavy atom. The number of hydrogen-bond acceptors (Lipinski definition) is 6. The van der Waals surface area contributed by atoms with Gasteiger partial charge in [0, 0.05) is 22.1 Å². The molecule has 7 nitrogen and oxygen atoms in total. The number of amides is 1. The third-order valence-electron chi connectivity index (χ3n) is 5.46. The first kappa shape index (κ1) is 21.5. The largest absolute Gasteiger partial charge is 0.854 e. The molecule has 0 fully saturated rings. The Morgan fingerprint density at radius 1 is 1.21 bits per heavy atom. The smallest absolute Gasteiger partial charge is 0.325 e. The number of halogens is 1. The van der Waals surface area contributed by atoms with Gasteiger partial charge in [-0.2, -0.15) is 0 Å². The van der Waals surface area contributed by atoms with E-state index in [0.29, 0.717) is 38.6 Å². The second-order valence-electron chi connectivity index (χ2n) is 7.42. The number of fused-ring (bicyclic) bond motifs is 3. The van der Waals surface area contributed by atoms with Crippen LogP contribution in [0.25, 0.3) is 22.6 Å². The first-order valence-electron chi connectivity index (χ1n) is 10.3. The monoisotopic (exact) mass is 478 g/mol. The zero-order valence-corrected chi connectivity index (χ0v) is 19.4. The van der Waals surface area contributed by atoms with E-state index in [2.05, 4.69) is 10.1 Å². The van der Waals surface area contributed by atoms with E-state index in [0.717, 1.165) is 5.56 Å². The number of hydrogen-bond donors (Lipinski definition) is 0. The lowest BCUT2D eigenvalue weighted by atomic mass is 10.0. The molecule has 0 spiro atoms. The number of benzene rings is 2. The molecule has 1 atom stereocenters. The van der Waals surface area contributed by atoms with E-state index in [1.165, 1.54) is 11.8 Å². The highest BCUT2D eigenvalue weighted by atomic mass is 35.5. The lowest BCUT2D eigenvalue weighted by molar-refractivity contribution is -0.765. The molecule has 33 heavy (non-hydrogen) atoms. The van der Waals surface area contributed by atoms with Crippen LogP contribution in [0, 0.1) is 0 Å². The average Bonchev–Trinajstić information content (AvgIpc) is 3.32. The summed E-state index contributed by atoms with van der Waals surface area (Å²) in [7, 11) is 0. The van der Waals surface area contributed by atoms with Crippen molar-refractivity contribution in [2.24, 2.45) is 0 Å². The Morgan fingerprint density at radius 2 is 2.03 bits per heavy atom. The van der Waals surface area contributed by atoms with Gasteiger partial charge in [0.15, 0.2) is 5.76 Å². The number of para-hydroxylation sites is 1. The summed E-state index contributed by atoms with van der Waals surface area (Å²) in [5.74, 6) is 0.539. The number of carbonyl (C=O) groups is 1. The third-order valence-corrected chi connectivity index (χ3v) is 6.23. The SMILES string of the molecule is CCC(=O)N1c2ccccc2-c2c([O-])nc(SC)n[n+]2C1c1ccc(-c2cccc(Cl)c2)o1. The minimum Gasteiger partial charge on any atom is -0.854 e. The van der Waals surface area contributed by atoms with Crippen molar-refractivity contribution in [2.75, 3.05) is 11.2 Å². The molecule has 4 aromatic rings. The summed E-state index contributed by atoms with van der Waals surface area (Å²) in [5.41, 5.74) is 2.34. The third kappa shape index (κ3) is 3.65. The van der Waals surface area contributed by atoms with E-state index < -0.39 is 12.0 Å². The molecular formula is C24H19ClN4O3S. The molecule has 0 radical (unpaired) electrons. The number of furan rings is 1. The molecule has 2 aromatic carbocycles. The highest BCUT2D eigenvalue weighted by Crippen LogP contribution is 2.42. The summed E-state index contributed by atoms with van der Waals surface area (Å²) in [6.07, 6.45) is 1.29. The molecule has 1 unspecified atom stereocenters. The van der Waals surface area contributed by atoms with E-state index in [4.69, 9.17) is 16.0 Å². The van der Waals surface area contributed by atoms with Crippen molar-refractivity contribution in [2.45, 2.75) is 24.7 Å². The second kappa shape index (κ2) is 8.53. The number of thioether (sulfide) groups is 1. The van der Waals surface area contributed by atoms with Crippen molar-refractivity contribution in [1.82, 2.24) is 10.1 Å². The molecule has 0 N–H and O–H groups in total. The second-order valence-corrected chi connectivity index (χ2v) is 8.63. The minimum absolute atomic E-state index is 0.122. The molecule has 0 aliphatic carbocycles. The van der Waals surface area contributed by atoms with Gasteiger partial charge in [0.2, 0.25) is 5.91 Å². The highest BCUT2D eigenvalue weighted by Gasteiger charge is 2.46. The van der Waals surface area contributed by atoms with Crippen LogP contribution in [0.15, 0.2) is 70.2 Å². The first-order chi connectivity index (χ1) is 16.0. The van der Waals surface area contributed by atoms with Crippen molar-refractivity contribution in [3.05, 3.63) is 71.4 Å². The number of rotatable bonds is 4. The molecule has 0 bridgehead atoms. The Labute approximate surface area is 199 Å². The van der Waals surface area contributed by atoms with Gasteiger partial charge >= 0.3 is 6.17 Å². The summed E-state index contributed by atoms with van der Waals surface area (Å²) in [4.78, 5) is 19.0. The lowest BCUT2D eigenvalue weighted by Gasteiger charge is -2.32. The van der Waals surface area contributed by atoms with Gasteiger partial charge in [-0.15, -0.1) is 0 Å². The Hall–Kier alpha value is -3.36. The van der Waals surface area contributed by atoms with Crippen LogP contribution >= 0.6 is 23.4 Å². The summed E-state index contributed by atoms with van der Waals surface area (Å²) in [6, 6.07) is 18.2. The van der Waals surface area contributed by atoms with Crippen LogP contribution in [-0.2, 0) is 4.79 Å². The van der Waals surface area contributed by atoms with Gasteiger partial charge in [-0.25, -0.2) is 9.88 Å². The summed E-state index contributed by atoms with van der Waals surface area (Å²) < 4.78 is 7.78. The maximum absolute atomic E-state index is 13.2. The van der Waals surface area contributed by atoms with Gasteiger partial charge in [-0.1, -0.05) is 54.6 Å². The normalized spacial score (nSPS) is 14.6. The molecule has 1 amide bonds. The Balaban J connectivity index is 1.75. The zero-order valence-electron chi connectivity index (χ0n) is 17.9. The number of anilines is 1. The van der Waals surface area contributed by atoms with Gasteiger partial charge in [-0.3, -0.25) is 4.79 Å². The van der Waals surface area contributed by atoms with Crippen molar-refractivity contribution in [3.8, 4) is 28.5 Å². The molecule has 3 heterocycles. The number of carbonyl (C=O) groups excluding carboxylic acids is 1. The molecule has 5 rings (SSSR count). The van der Waals surface area contributed by atoms with Gasteiger partial charge < -0.3 is 9.52 Å². The van der Waals surface area contributed by atoms with E-state index in [1.807, 2.05) is 36.4 Å². The highest BCUT2D eigenvalue weighted by molar-refractivity contribution is 7.98. The molecule has 166 valence electrons. The number of aromatic nitrogens is 3. The maximum atomic E-state index is 13.2. The molecule has 1 aliphatic rings. The Bertz CT molecular complexity index is 1370.